The highest BCUT2D eigenvalue weighted by atomic mass is 16.2. The van der Waals surface area contributed by atoms with Gasteiger partial charge in [0, 0.05) is 18.4 Å². The van der Waals surface area contributed by atoms with Crippen molar-refractivity contribution >= 4 is 17.5 Å². The van der Waals surface area contributed by atoms with E-state index in [2.05, 4.69) is 11.8 Å². The zero-order chi connectivity index (χ0) is 13.1. The van der Waals surface area contributed by atoms with Crippen molar-refractivity contribution in [2.75, 3.05) is 11.4 Å². The molecule has 0 atom stereocenters. The number of carbonyl (C=O) groups excluding carboxylic acids is 2. The lowest BCUT2D eigenvalue weighted by Gasteiger charge is -2.16. The lowest BCUT2D eigenvalue weighted by molar-refractivity contribution is -0.121. The number of hydrogen-bond donors (Lipinski definition) is 1. The third-order valence-electron chi connectivity index (χ3n) is 2.77. The first kappa shape index (κ1) is 12.3. The molecular weight excluding hydrogens is 228 g/mol. The summed E-state index contributed by atoms with van der Waals surface area (Å²) in [6.07, 6.45) is 0.549. The molecule has 92 valence electrons. The van der Waals surface area contributed by atoms with Gasteiger partial charge in [0.1, 0.15) is 0 Å². The largest absolute Gasteiger partial charge is 0.320 e. The van der Waals surface area contributed by atoms with Crippen LogP contribution in [0.4, 0.5) is 5.69 Å². The number of anilines is 1. The number of hydrogen-bond acceptors (Lipinski definition) is 3. The van der Waals surface area contributed by atoms with Crippen molar-refractivity contribution in [1.29, 1.82) is 0 Å². The van der Waals surface area contributed by atoms with E-state index in [1.165, 1.54) is 4.90 Å². The van der Waals surface area contributed by atoms with Crippen LogP contribution >= 0.6 is 0 Å². The van der Waals surface area contributed by atoms with Crippen LogP contribution in [-0.2, 0) is 9.59 Å². The van der Waals surface area contributed by atoms with Crippen LogP contribution in [0, 0.1) is 18.8 Å². The van der Waals surface area contributed by atoms with Crippen molar-refractivity contribution in [1.82, 2.24) is 0 Å². The fraction of sp³-hybridized carbons (Fsp3) is 0.286. The minimum Gasteiger partial charge on any atom is -0.320 e. The molecule has 1 aromatic rings. The van der Waals surface area contributed by atoms with Crippen molar-refractivity contribution in [3.63, 3.8) is 0 Å². The number of amides is 2. The van der Waals surface area contributed by atoms with Crippen LogP contribution in [0.5, 0.6) is 0 Å². The van der Waals surface area contributed by atoms with Crippen LogP contribution < -0.4 is 10.6 Å². The normalized spacial score (nSPS) is 14.7. The quantitative estimate of drug-likeness (QED) is 0.589. The van der Waals surface area contributed by atoms with Gasteiger partial charge < -0.3 is 5.73 Å². The Morgan fingerprint density at radius 1 is 1.28 bits per heavy atom. The van der Waals surface area contributed by atoms with Crippen LogP contribution in [0.15, 0.2) is 18.2 Å². The fourth-order valence-electron chi connectivity index (χ4n) is 1.94. The van der Waals surface area contributed by atoms with E-state index in [-0.39, 0.29) is 31.2 Å². The first-order valence-corrected chi connectivity index (χ1v) is 5.79. The molecule has 0 bridgehead atoms. The number of nitrogens with zero attached hydrogens (tertiary/aromatic N) is 1. The molecule has 1 fully saturated rings. The Morgan fingerprint density at radius 3 is 2.56 bits per heavy atom. The highest BCUT2D eigenvalue weighted by Crippen LogP contribution is 2.26. The van der Waals surface area contributed by atoms with Gasteiger partial charge in [-0.1, -0.05) is 17.9 Å². The van der Waals surface area contributed by atoms with Crippen LogP contribution in [-0.4, -0.2) is 18.4 Å². The Labute approximate surface area is 106 Å². The number of nitrogens with two attached hydrogens (primary N) is 1. The van der Waals surface area contributed by atoms with E-state index < -0.39 is 0 Å². The minimum atomic E-state index is -0.167. The molecule has 0 spiro atoms. The molecule has 0 aromatic heterocycles. The van der Waals surface area contributed by atoms with Gasteiger partial charge >= 0.3 is 0 Å². The van der Waals surface area contributed by atoms with Crippen molar-refractivity contribution in [3.8, 4) is 11.8 Å². The Morgan fingerprint density at radius 2 is 1.94 bits per heavy atom. The fourth-order valence-corrected chi connectivity index (χ4v) is 1.94. The first-order valence-electron chi connectivity index (χ1n) is 5.79. The highest BCUT2D eigenvalue weighted by Gasteiger charge is 2.31. The highest BCUT2D eigenvalue weighted by molar-refractivity contribution is 6.20. The van der Waals surface area contributed by atoms with Crippen LogP contribution in [0.25, 0.3) is 0 Å². The monoisotopic (exact) mass is 242 g/mol. The molecule has 0 saturated carbocycles. The maximum Gasteiger partial charge on any atom is 0.234 e. The summed E-state index contributed by atoms with van der Waals surface area (Å²) in [4.78, 5) is 24.7. The van der Waals surface area contributed by atoms with Crippen molar-refractivity contribution in [3.05, 3.63) is 29.3 Å². The molecule has 4 heteroatoms. The number of aryl methyl sites for hydroxylation is 1. The van der Waals surface area contributed by atoms with Crippen LogP contribution in [0.2, 0.25) is 0 Å². The van der Waals surface area contributed by atoms with Gasteiger partial charge in [0.25, 0.3) is 0 Å². The molecule has 0 radical (unpaired) electrons. The number of carbonyl (C=O) groups is 2. The number of imide groups is 1. The molecule has 0 unspecified atom stereocenters. The van der Waals surface area contributed by atoms with E-state index >= 15 is 0 Å². The summed E-state index contributed by atoms with van der Waals surface area (Å²) in [5.41, 5.74) is 7.61. The van der Waals surface area contributed by atoms with Gasteiger partial charge in [-0.3, -0.25) is 9.59 Å². The van der Waals surface area contributed by atoms with Gasteiger partial charge in [-0.15, -0.1) is 0 Å². The second kappa shape index (κ2) is 5.03. The molecule has 2 N–H and O–H groups in total. The third-order valence-corrected chi connectivity index (χ3v) is 2.77. The Kier molecular flexibility index (Phi) is 3.45. The summed E-state index contributed by atoms with van der Waals surface area (Å²) < 4.78 is 0. The summed E-state index contributed by atoms with van der Waals surface area (Å²) in [6, 6.07) is 5.48. The summed E-state index contributed by atoms with van der Waals surface area (Å²) >= 11 is 0. The molecule has 1 aliphatic rings. The summed E-state index contributed by atoms with van der Waals surface area (Å²) in [7, 11) is 0. The van der Waals surface area contributed by atoms with E-state index in [4.69, 9.17) is 5.73 Å². The average Bonchev–Trinajstić information content (AvgIpc) is 2.67. The predicted molar refractivity (Wildman–Crippen MR) is 68.8 cm³/mol. The van der Waals surface area contributed by atoms with Crippen molar-refractivity contribution in [2.45, 2.75) is 19.8 Å². The summed E-state index contributed by atoms with van der Waals surface area (Å²) in [5, 5.41) is 0. The molecule has 1 aromatic carbocycles. The van der Waals surface area contributed by atoms with Crippen LogP contribution in [0.1, 0.15) is 24.0 Å². The molecule has 4 nitrogen and oxygen atoms in total. The Hall–Kier alpha value is -2.12. The smallest absolute Gasteiger partial charge is 0.234 e. The Balaban J connectivity index is 2.49. The lowest BCUT2D eigenvalue weighted by atomic mass is 10.1. The predicted octanol–water partition coefficient (Wildman–Crippen LogP) is 0.959. The zero-order valence-corrected chi connectivity index (χ0v) is 10.2. The topological polar surface area (TPSA) is 63.4 Å². The molecule has 1 saturated heterocycles. The SMILES string of the molecule is Cc1ccc(N2C(=O)CCC2=O)c(C#CCN)c1. The van der Waals surface area contributed by atoms with Crippen LogP contribution in [0.3, 0.4) is 0 Å². The second-order valence-electron chi connectivity index (χ2n) is 4.15. The standard InChI is InChI=1S/C14H14N2O2/c1-10-4-5-12(11(9-10)3-2-8-15)16-13(17)6-7-14(16)18/h4-5,9H,6-8,15H2,1H3. The summed E-state index contributed by atoms with van der Waals surface area (Å²) in [6.45, 7) is 2.18. The van der Waals surface area contributed by atoms with E-state index in [1.54, 1.807) is 6.07 Å². The number of benzene rings is 1. The minimum absolute atomic E-state index is 0.167. The molecule has 1 heterocycles. The Bertz CT molecular complexity index is 551. The van der Waals surface area contributed by atoms with Crippen molar-refractivity contribution in [2.24, 2.45) is 5.73 Å². The molecule has 0 aliphatic carbocycles. The zero-order valence-electron chi connectivity index (χ0n) is 10.2. The van der Waals surface area contributed by atoms with E-state index in [9.17, 15) is 9.59 Å². The summed E-state index contributed by atoms with van der Waals surface area (Å²) in [5.74, 6) is 5.33. The third kappa shape index (κ3) is 2.27. The maximum atomic E-state index is 11.7. The molecule has 2 amide bonds. The number of rotatable bonds is 1. The van der Waals surface area contributed by atoms with Crippen molar-refractivity contribution < 1.29 is 9.59 Å². The lowest BCUT2D eigenvalue weighted by Crippen LogP contribution is -2.29. The first-order chi connectivity index (χ1) is 8.63. The molecular formula is C14H14N2O2. The maximum absolute atomic E-state index is 11.7. The molecule has 2 rings (SSSR count). The van der Waals surface area contributed by atoms with Gasteiger partial charge in [-0.25, -0.2) is 4.90 Å². The second-order valence-corrected chi connectivity index (χ2v) is 4.15. The van der Waals surface area contributed by atoms with Gasteiger partial charge in [0.15, 0.2) is 0 Å². The molecule has 1 aliphatic heterocycles. The average molecular weight is 242 g/mol. The van der Waals surface area contributed by atoms with Gasteiger partial charge in [-0.2, -0.15) is 0 Å². The molecule has 18 heavy (non-hydrogen) atoms. The van der Waals surface area contributed by atoms with Gasteiger partial charge in [-0.05, 0) is 24.6 Å². The van der Waals surface area contributed by atoms with Gasteiger partial charge in [0.2, 0.25) is 11.8 Å². The van der Waals surface area contributed by atoms with E-state index in [1.807, 2.05) is 19.1 Å². The van der Waals surface area contributed by atoms with E-state index in [0.717, 1.165) is 5.56 Å². The van der Waals surface area contributed by atoms with E-state index in [0.29, 0.717) is 11.3 Å². The van der Waals surface area contributed by atoms with Gasteiger partial charge in [0.05, 0.1) is 12.2 Å².